The molecule has 0 saturated heterocycles. The van der Waals surface area contributed by atoms with Gasteiger partial charge < -0.3 is 20.5 Å². The lowest BCUT2D eigenvalue weighted by Crippen LogP contribution is -2.18. The highest BCUT2D eigenvalue weighted by molar-refractivity contribution is 5.96. The number of amides is 1. The van der Waals surface area contributed by atoms with Crippen molar-refractivity contribution in [3.63, 3.8) is 0 Å². The van der Waals surface area contributed by atoms with Gasteiger partial charge in [-0.2, -0.15) is 0 Å². The van der Waals surface area contributed by atoms with E-state index in [0.717, 1.165) is 16.9 Å². The Labute approximate surface area is 126 Å². The van der Waals surface area contributed by atoms with E-state index in [2.05, 4.69) is 10.6 Å². The first kappa shape index (κ1) is 14.0. The lowest BCUT2D eigenvalue weighted by Gasteiger charge is -2.14. The molecule has 1 atom stereocenters. The van der Waals surface area contributed by atoms with Gasteiger partial charge in [0.15, 0.2) is 11.5 Å². The zero-order valence-electron chi connectivity index (χ0n) is 11.8. The standard InChI is InChI=1S/C15H15N3O4/c1-22-13-7-8(3-5-12(13)19)14-16-10-4-2-9(15(20)18-21)6-11(10)17-14/h2-7,14,16-17,19,21H,1H3,(H,18,20). The third-order valence-corrected chi connectivity index (χ3v) is 3.52. The number of hydrogen-bond donors (Lipinski definition) is 5. The van der Waals surface area contributed by atoms with Crippen molar-refractivity contribution >= 4 is 17.3 Å². The van der Waals surface area contributed by atoms with Crippen molar-refractivity contribution in [2.24, 2.45) is 0 Å². The maximum absolute atomic E-state index is 11.4. The number of rotatable bonds is 3. The molecule has 0 fully saturated rings. The van der Waals surface area contributed by atoms with Gasteiger partial charge in [0.1, 0.15) is 6.17 Å². The van der Waals surface area contributed by atoms with Crippen LogP contribution in [0.2, 0.25) is 0 Å². The summed E-state index contributed by atoms with van der Waals surface area (Å²) in [5, 5.41) is 24.8. The molecule has 0 saturated carbocycles. The Kier molecular flexibility index (Phi) is 3.48. The van der Waals surface area contributed by atoms with Gasteiger partial charge in [-0.05, 0) is 35.9 Å². The summed E-state index contributed by atoms with van der Waals surface area (Å²) in [6.07, 6.45) is -0.211. The first-order valence-electron chi connectivity index (χ1n) is 6.61. The molecule has 2 aromatic rings. The second-order valence-corrected chi connectivity index (χ2v) is 4.85. The molecule has 3 rings (SSSR count). The highest BCUT2D eigenvalue weighted by Crippen LogP contribution is 2.38. The van der Waals surface area contributed by atoms with Gasteiger partial charge in [-0.25, -0.2) is 5.48 Å². The first-order chi connectivity index (χ1) is 10.6. The number of hydrogen-bond acceptors (Lipinski definition) is 6. The van der Waals surface area contributed by atoms with Crippen LogP contribution < -0.4 is 20.9 Å². The minimum Gasteiger partial charge on any atom is -0.504 e. The average Bonchev–Trinajstić information content (AvgIpc) is 2.97. The third-order valence-electron chi connectivity index (χ3n) is 3.52. The summed E-state index contributed by atoms with van der Waals surface area (Å²) in [7, 11) is 1.49. The van der Waals surface area contributed by atoms with Crippen LogP contribution in [-0.2, 0) is 0 Å². The van der Waals surface area contributed by atoms with Crippen molar-refractivity contribution in [3.8, 4) is 11.5 Å². The van der Waals surface area contributed by atoms with Gasteiger partial charge in [-0.15, -0.1) is 0 Å². The zero-order chi connectivity index (χ0) is 15.7. The molecule has 114 valence electrons. The minimum absolute atomic E-state index is 0.0728. The Morgan fingerprint density at radius 2 is 1.95 bits per heavy atom. The number of nitrogens with one attached hydrogen (secondary N) is 3. The summed E-state index contributed by atoms with van der Waals surface area (Å²) in [6.45, 7) is 0. The summed E-state index contributed by atoms with van der Waals surface area (Å²) >= 11 is 0. The zero-order valence-corrected chi connectivity index (χ0v) is 11.8. The fraction of sp³-hybridized carbons (Fsp3) is 0.133. The second-order valence-electron chi connectivity index (χ2n) is 4.85. The van der Waals surface area contributed by atoms with E-state index >= 15 is 0 Å². The van der Waals surface area contributed by atoms with E-state index in [1.54, 1.807) is 41.9 Å². The van der Waals surface area contributed by atoms with Crippen LogP contribution in [0.3, 0.4) is 0 Å². The van der Waals surface area contributed by atoms with Gasteiger partial charge in [0.25, 0.3) is 5.91 Å². The number of carbonyl (C=O) groups excluding carboxylic acids is 1. The van der Waals surface area contributed by atoms with Gasteiger partial charge >= 0.3 is 0 Å². The van der Waals surface area contributed by atoms with Crippen LogP contribution in [-0.4, -0.2) is 23.3 Å². The molecule has 1 amide bonds. The molecule has 7 heteroatoms. The van der Waals surface area contributed by atoms with Crippen molar-refractivity contribution in [3.05, 3.63) is 47.5 Å². The summed E-state index contributed by atoms with van der Waals surface area (Å²) in [5.41, 5.74) is 4.41. The number of phenolic OH excluding ortho intramolecular Hbond substituents is 1. The molecule has 0 aliphatic carbocycles. The van der Waals surface area contributed by atoms with Crippen LogP contribution in [0, 0.1) is 0 Å². The van der Waals surface area contributed by atoms with E-state index in [4.69, 9.17) is 9.94 Å². The quantitative estimate of drug-likeness (QED) is 0.439. The molecule has 0 spiro atoms. The number of phenols is 1. The minimum atomic E-state index is -0.570. The van der Waals surface area contributed by atoms with Crippen molar-refractivity contribution in [1.29, 1.82) is 0 Å². The normalized spacial score (nSPS) is 15.5. The van der Waals surface area contributed by atoms with Crippen LogP contribution in [0.15, 0.2) is 36.4 Å². The van der Waals surface area contributed by atoms with E-state index in [9.17, 15) is 9.90 Å². The largest absolute Gasteiger partial charge is 0.504 e. The summed E-state index contributed by atoms with van der Waals surface area (Å²) in [6, 6.07) is 10.1. The topological polar surface area (TPSA) is 103 Å². The Bertz CT molecular complexity index is 733. The molecule has 0 radical (unpaired) electrons. The molecule has 22 heavy (non-hydrogen) atoms. The summed E-state index contributed by atoms with van der Waals surface area (Å²) < 4.78 is 5.10. The number of ether oxygens (including phenoxy) is 1. The second kappa shape index (κ2) is 5.45. The maximum atomic E-state index is 11.4. The highest BCUT2D eigenvalue weighted by atomic mass is 16.5. The Balaban J connectivity index is 1.86. The number of benzene rings is 2. The molecule has 2 aromatic carbocycles. The van der Waals surface area contributed by atoms with Crippen LogP contribution in [0.1, 0.15) is 22.1 Å². The Morgan fingerprint density at radius 1 is 1.18 bits per heavy atom. The van der Waals surface area contributed by atoms with Gasteiger partial charge in [0.2, 0.25) is 0 Å². The van der Waals surface area contributed by atoms with E-state index < -0.39 is 5.91 Å². The SMILES string of the molecule is COc1cc(C2Nc3ccc(C(=O)NO)cc3N2)ccc1O. The molecular formula is C15H15N3O4. The molecule has 5 N–H and O–H groups in total. The van der Waals surface area contributed by atoms with E-state index in [0.29, 0.717) is 11.3 Å². The number of aromatic hydroxyl groups is 1. The predicted molar refractivity (Wildman–Crippen MR) is 80.3 cm³/mol. The van der Waals surface area contributed by atoms with Crippen LogP contribution >= 0.6 is 0 Å². The van der Waals surface area contributed by atoms with Crippen LogP contribution in [0.4, 0.5) is 11.4 Å². The Hall–Kier alpha value is -2.93. The number of methoxy groups -OCH3 is 1. The monoisotopic (exact) mass is 301 g/mol. The van der Waals surface area contributed by atoms with Gasteiger partial charge in [-0.3, -0.25) is 10.0 Å². The third kappa shape index (κ3) is 2.38. The van der Waals surface area contributed by atoms with Crippen molar-refractivity contribution < 1.29 is 19.8 Å². The van der Waals surface area contributed by atoms with Crippen LogP contribution in [0.25, 0.3) is 0 Å². The fourth-order valence-corrected chi connectivity index (χ4v) is 2.38. The summed E-state index contributed by atoms with van der Waals surface area (Å²) in [5.74, 6) is -0.111. The molecule has 1 unspecified atom stereocenters. The van der Waals surface area contributed by atoms with E-state index in [-0.39, 0.29) is 11.9 Å². The lowest BCUT2D eigenvalue weighted by atomic mass is 10.1. The van der Waals surface area contributed by atoms with Crippen molar-refractivity contribution in [2.75, 3.05) is 17.7 Å². The lowest BCUT2D eigenvalue weighted by molar-refractivity contribution is 0.0706. The number of hydroxylamine groups is 1. The molecule has 1 heterocycles. The number of carbonyl (C=O) groups is 1. The molecule has 0 bridgehead atoms. The highest BCUT2D eigenvalue weighted by Gasteiger charge is 2.23. The van der Waals surface area contributed by atoms with Crippen molar-refractivity contribution in [2.45, 2.75) is 6.17 Å². The summed E-state index contributed by atoms with van der Waals surface area (Å²) in [4.78, 5) is 11.4. The molecule has 7 nitrogen and oxygen atoms in total. The van der Waals surface area contributed by atoms with Gasteiger partial charge in [-0.1, -0.05) is 6.07 Å². The van der Waals surface area contributed by atoms with Gasteiger partial charge in [0.05, 0.1) is 18.5 Å². The smallest absolute Gasteiger partial charge is 0.274 e. The number of fused-ring (bicyclic) bond motifs is 1. The fourth-order valence-electron chi connectivity index (χ4n) is 2.38. The maximum Gasteiger partial charge on any atom is 0.274 e. The first-order valence-corrected chi connectivity index (χ1v) is 6.61. The van der Waals surface area contributed by atoms with Crippen LogP contribution in [0.5, 0.6) is 11.5 Å². The predicted octanol–water partition coefficient (Wildman–Crippen LogP) is 2.06. The van der Waals surface area contributed by atoms with Crippen molar-refractivity contribution in [1.82, 2.24) is 5.48 Å². The Morgan fingerprint density at radius 3 is 2.68 bits per heavy atom. The van der Waals surface area contributed by atoms with E-state index in [1.807, 2.05) is 0 Å². The molecular weight excluding hydrogens is 286 g/mol. The molecule has 1 aliphatic rings. The van der Waals surface area contributed by atoms with E-state index in [1.165, 1.54) is 7.11 Å². The molecule has 1 aliphatic heterocycles. The average molecular weight is 301 g/mol. The number of anilines is 2. The molecule has 0 aromatic heterocycles. The van der Waals surface area contributed by atoms with Gasteiger partial charge in [0, 0.05) is 5.56 Å².